The van der Waals surface area contributed by atoms with Gasteiger partial charge in [0.05, 0.1) is 5.56 Å². The molecule has 4 aromatic rings. The lowest BCUT2D eigenvalue weighted by Gasteiger charge is -2.20. The molecule has 0 unspecified atom stereocenters. The molecule has 2 N–H and O–H groups in total. The molecule has 3 aromatic carbocycles. The van der Waals surface area contributed by atoms with Gasteiger partial charge in [-0.1, -0.05) is 30.3 Å². The molecule has 0 radical (unpaired) electrons. The fourth-order valence-corrected chi connectivity index (χ4v) is 3.67. The van der Waals surface area contributed by atoms with Crippen molar-refractivity contribution in [2.45, 2.75) is 20.8 Å². The van der Waals surface area contributed by atoms with Crippen LogP contribution in [0.5, 0.6) is 11.5 Å². The average Bonchev–Trinajstić information content (AvgIpc) is 2.87. The second kappa shape index (κ2) is 11.2. The normalized spacial score (nSPS) is 10.5. The fraction of sp³-hybridized carbons (Fsp3) is 0.179. The van der Waals surface area contributed by atoms with Gasteiger partial charge in [0.25, 0.3) is 5.91 Å². The van der Waals surface area contributed by atoms with Gasteiger partial charge in [0, 0.05) is 30.5 Å². The Bertz CT molecular complexity index is 1270. The maximum absolute atomic E-state index is 13.0. The maximum Gasteiger partial charge on any atom is 0.259 e. The van der Waals surface area contributed by atoms with Crippen LogP contribution in [0, 0.1) is 6.92 Å². The van der Waals surface area contributed by atoms with Crippen LogP contribution in [0.2, 0.25) is 0 Å². The van der Waals surface area contributed by atoms with Crippen molar-refractivity contribution in [2.75, 3.05) is 28.6 Å². The van der Waals surface area contributed by atoms with E-state index < -0.39 is 0 Å². The molecule has 0 spiro atoms. The Hall–Kier alpha value is -4.39. The number of carbonyl (C=O) groups is 1. The van der Waals surface area contributed by atoms with Gasteiger partial charge in [-0.25, -0.2) is 9.97 Å². The van der Waals surface area contributed by atoms with Crippen molar-refractivity contribution in [1.82, 2.24) is 9.97 Å². The molecule has 4 rings (SSSR count). The number of aryl methyl sites for hydroxylation is 1. The number of nitrogens with zero attached hydrogens (tertiary/aromatic N) is 3. The Balaban J connectivity index is 1.45. The number of anilines is 4. The summed E-state index contributed by atoms with van der Waals surface area (Å²) < 4.78 is 5.92. The monoisotopic (exact) mass is 467 g/mol. The summed E-state index contributed by atoms with van der Waals surface area (Å²) in [5.41, 5.74) is 2.00. The summed E-state index contributed by atoms with van der Waals surface area (Å²) in [6.07, 6.45) is 0. The molecule has 0 aliphatic carbocycles. The SMILES string of the molecule is CCN(CC)c1cc(Nc2ccc(NC(=O)c3ccccc3Oc3ccccc3)cc2)nc(C)n1. The lowest BCUT2D eigenvalue weighted by atomic mass is 10.1. The van der Waals surface area contributed by atoms with Gasteiger partial charge in [0.1, 0.15) is 29.0 Å². The van der Waals surface area contributed by atoms with E-state index in [1.54, 1.807) is 12.1 Å². The third-order valence-corrected chi connectivity index (χ3v) is 5.43. The van der Waals surface area contributed by atoms with Crippen LogP contribution in [0.25, 0.3) is 0 Å². The first kappa shape index (κ1) is 23.8. The van der Waals surface area contributed by atoms with Crippen LogP contribution >= 0.6 is 0 Å². The van der Waals surface area contributed by atoms with Crippen LogP contribution in [0.15, 0.2) is 84.9 Å². The van der Waals surface area contributed by atoms with Gasteiger partial charge in [-0.05, 0) is 69.3 Å². The largest absolute Gasteiger partial charge is 0.457 e. The van der Waals surface area contributed by atoms with E-state index in [9.17, 15) is 4.79 Å². The highest BCUT2D eigenvalue weighted by atomic mass is 16.5. The molecule has 1 aromatic heterocycles. The smallest absolute Gasteiger partial charge is 0.259 e. The highest BCUT2D eigenvalue weighted by molar-refractivity contribution is 6.06. The number of para-hydroxylation sites is 2. The summed E-state index contributed by atoms with van der Waals surface area (Å²) in [5.74, 6) is 3.25. The van der Waals surface area contributed by atoms with E-state index in [4.69, 9.17) is 4.74 Å². The lowest BCUT2D eigenvalue weighted by Crippen LogP contribution is -2.23. The molecule has 1 amide bonds. The number of carbonyl (C=O) groups excluding carboxylic acids is 1. The third-order valence-electron chi connectivity index (χ3n) is 5.43. The second-order valence-electron chi connectivity index (χ2n) is 7.90. The standard InChI is InChI=1S/C28H29N5O2/c1-4-33(5-2)27-19-26(29-20(3)30-27)31-21-15-17-22(18-16-21)32-28(34)24-13-9-10-14-25(24)35-23-11-7-6-8-12-23/h6-19H,4-5H2,1-3H3,(H,32,34)(H,29,30,31). The van der Waals surface area contributed by atoms with E-state index >= 15 is 0 Å². The van der Waals surface area contributed by atoms with Crippen molar-refractivity contribution in [3.05, 3.63) is 96.3 Å². The van der Waals surface area contributed by atoms with Gasteiger partial charge in [-0.2, -0.15) is 0 Å². The Morgan fingerprint density at radius 3 is 2.23 bits per heavy atom. The first-order valence-electron chi connectivity index (χ1n) is 11.7. The predicted octanol–water partition coefficient (Wildman–Crippen LogP) is 6.42. The first-order valence-corrected chi connectivity index (χ1v) is 11.7. The molecule has 0 aliphatic heterocycles. The number of hydrogen-bond acceptors (Lipinski definition) is 6. The van der Waals surface area contributed by atoms with Crippen LogP contribution in [0.4, 0.5) is 23.0 Å². The number of amides is 1. The zero-order valence-electron chi connectivity index (χ0n) is 20.2. The molecule has 0 saturated carbocycles. The van der Waals surface area contributed by atoms with Gasteiger partial charge in [-0.3, -0.25) is 4.79 Å². The molecular formula is C28H29N5O2. The molecule has 0 saturated heterocycles. The van der Waals surface area contributed by atoms with E-state index in [1.807, 2.05) is 79.7 Å². The molecule has 0 bridgehead atoms. The van der Waals surface area contributed by atoms with Gasteiger partial charge in [0.15, 0.2) is 0 Å². The maximum atomic E-state index is 13.0. The number of hydrogen-bond donors (Lipinski definition) is 2. The van der Waals surface area contributed by atoms with E-state index in [1.165, 1.54) is 0 Å². The highest BCUT2D eigenvalue weighted by Crippen LogP contribution is 2.26. The second-order valence-corrected chi connectivity index (χ2v) is 7.90. The summed E-state index contributed by atoms with van der Waals surface area (Å²) in [6.45, 7) is 7.84. The van der Waals surface area contributed by atoms with Crippen molar-refractivity contribution in [3.8, 4) is 11.5 Å². The third kappa shape index (κ3) is 6.14. The first-order chi connectivity index (χ1) is 17.1. The average molecular weight is 468 g/mol. The van der Waals surface area contributed by atoms with Crippen LogP contribution in [-0.4, -0.2) is 29.0 Å². The highest BCUT2D eigenvalue weighted by Gasteiger charge is 2.13. The van der Waals surface area contributed by atoms with Gasteiger partial charge in [0.2, 0.25) is 0 Å². The van der Waals surface area contributed by atoms with Gasteiger partial charge < -0.3 is 20.3 Å². The Morgan fingerprint density at radius 2 is 1.51 bits per heavy atom. The minimum atomic E-state index is -0.243. The summed E-state index contributed by atoms with van der Waals surface area (Å²) in [4.78, 5) is 24.2. The van der Waals surface area contributed by atoms with Crippen LogP contribution in [0.1, 0.15) is 30.0 Å². The van der Waals surface area contributed by atoms with Crippen LogP contribution in [-0.2, 0) is 0 Å². The fourth-order valence-electron chi connectivity index (χ4n) is 3.67. The van der Waals surface area contributed by atoms with Gasteiger partial charge in [-0.15, -0.1) is 0 Å². The topological polar surface area (TPSA) is 79.4 Å². The number of aromatic nitrogens is 2. The zero-order chi connectivity index (χ0) is 24.6. The van der Waals surface area contributed by atoms with Crippen molar-refractivity contribution in [3.63, 3.8) is 0 Å². The van der Waals surface area contributed by atoms with Gasteiger partial charge >= 0.3 is 0 Å². The molecular weight excluding hydrogens is 438 g/mol. The van der Waals surface area contributed by atoms with Crippen molar-refractivity contribution in [2.24, 2.45) is 0 Å². The van der Waals surface area contributed by atoms with E-state index in [2.05, 4.69) is 39.3 Å². The lowest BCUT2D eigenvalue weighted by molar-refractivity contribution is 0.102. The van der Waals surface area contributed by atoms with Crippen molar-refractivity contribution >= 4 is 28.9 Å². The number of ether oxygens (including phenoxy) is 1. The Kier molecular flexibility index (Phi) is 7.57. The molecule has 7 nitrogen and oxygen atoms in total. The van der Waals surface area contributed by atoms with Crippen LogP contribution in [0.3, 0.4) is 0 Å². The zero-order valence-corrected chi connectivity index (χ0v) is 20.2. The van der Waals surface area contributed by atoms with E-state index in [-0.39, 0.29) is 5.91 Å². The Labute approximate surface area is 205 Å². The van der Waals surface area contributed by atoms with Crippen molar-refractivity contribution in [1.29, 1.82) is 0 Å². The van der Waals surface area contributed by atoms with E-state index in [0.717, 1.165) is 30.4 Å². The quantitative estimate of drug-likeness (QED) is 0.296. The number of nitrogens with one attached hydrogen (secondary N) is 2. The molecule has 0 atom stereocenters. The minimum Gasteiger partial charge on any atom is -0.457 e. The number of rotatable bonds is 9. The molecule has 1 heterocycles. The van der Waals surface area contributed by atoms with Crippen molar-refractivity contribution < 1.29 is 9.53 Å². The summed E-state index contributed by atoms with van der Waals surface area (Å²) in [7, 11) is 0. The molecule has 178 valence electrons. The molecule has 35 heavy (non-hydrogen) atoms. The molecule has 0 fully saturated rings. The molecule has 7 heteroatoms. The summed E-state index contributed by atoms with van der Waals surface area (Å²) in [5, 5.41) is 6.27. The summed E-state index contributed by atoms with van der Waals surface area (Å²) >= 11 is 0. The summed E-state index contributed by atoms with van der Waals surface area (Å²) in [6, 6.07) is 26.0. The Morgan fingerprint density at radius 1 is 0.857 bits per heavy atom. The number of benzene rings is 3. The van der Waals surface area contributed by atoms with Crippen LogP contribution < -0.4 is 20.3 Å². The predicted molar refractivity (Wildman–Crippen MR) is 141 cm³/mol. The van der Waals surface area contributed by atoms with E-state index in [0.29, 0.717) is 28.6 Å². The molecule has 0 aliphatic rings. The minimum absolute atomic E-state index is 0.243.